The SMILES string of the molecule is [CH2]CN(C(=O)CCCC)c1ccccc1. The molecule has 2 heteroatoms. The van der Waals surface area contributed by atoms with Crippen molar-refractivity contribution in [2.75, 3.05) is 11.4 Å². The molecule has 0 saturated carbocycles. The van der Waals surface area contributed by atoms with Gasteiger partial charge in [0, 0.05) is 18.7 Å². The van der Waals surface area contributed by atoms with Gasteiger partial charge >= 0.3 is 0 Å². The molecule has 1 radical (unpaired) electrons. The number of unbranched alkanes of at least 4 members (excludes halogenated alkanes) is 1. The number of para-hydroxylation sites is 1. The van der Waals surface area contributed by atoms with Crippen molar-refractivity contribution < 1.29 is 4.79 Å². The van der Waals surface area contributed by atoms with Crippen molar-refractivity contribution in [1.29, 1.82) is 0 Å². The number of amides is 1. The van der Waals surface area contributed by atoms with Crippen molar-refractivity contribution in [2.24, 2.45) is 0 Å². The maximum absolute atomic E-state index is 11.8. The van der Waals surface area contributed by atoms with Gasteiger partial charge < -0.3 is 4.90 Å². The summed E-state index contributed by atoms with van der Waals surface area (Å²) >= 11 is 0. The topological polar surface area (TPSA) is 20.3 Å². The zero-order valence-electron chi connectivity index (χ0n) is 9.28. The maximum Gasteiger partial charge on any atom is 0.226 e. The zero-order chi connectivity index (χ0) is 11.1. The Morgan fingerprint density at radius 1 is 1.33 bits per heavy atom. The first-order valence-corrected chi connectivity index (χ1v) is 5.44. The van der Waals surface area contributed by atoms with E-state index in [9.17, 15) is 4.79 Å². The Morgan fingerprint density at radius 3 is 2.53 bits per heavy atom. The van der Waals surface area contributed by atoms with Gasteiger partial charge in [0.25, 0.3) is 0 Å². The molecule has 2 nitrogen and oxygen atoms in total. The van der Waals surface area contributed by atoms with Crippen LogP contribution in [0.3, 0.4) is 0 Å². The van der Waals surface area contributed by atoms with E-state index in [4.69, 9.17) is 0 Å². The molecule has 0 aliphatic heterocycles. The third-order valence-corrected chi connectivity index (χ3v) is 2.34. The molecule has 0 fully saturated rings. The highest BCUT2D eigenvalue weighted by Gasteiger charge is 2.11. The zero-order valence-corrected chi connectivity index (χ0v) is 9.28. The van der Waals surface area contributed by atoms with Gasteiger partial charge in [-0.15, -0.1) is 0 Å². The quantitative estimate of drug-likeness (QED) is 0.722. The van der Waals surface area contributed by atoms with Crippen LogP contribution in [0.1, 0.15) is 26.2 Å². The Kier molecular flexibility index (Phi) is 4.88. The number of carbonyl (C=O) groups is 1. The number of hydrogen-bond acceptors (Lipinski definition) is 1. The Balaban J connectivity index is 2.67. The molecule has 0 heterocycles. The van der Waals surface area contributed by atoms with Crippen LogP contribution in [-0.2, 0) is 4.79 Å². The summed E-state index contributed by atoms with van der Waals surface area (Å²) in [5.74, 6) is 0.165. The van der Waals surface area contributed by atoms with E-state index < -0.39 is 0 Å². The van der Waals surface area contributed by atoms with E-state index in [0.29, 0.717) is 13.0 Å². The van der Waals surface area contributed by atoms with E-state index >= 15 is 0 Å². The molecule has 1 aromatic rings. The lowest BCUT2D eigenvalue weighted by atomic mass is 10.2. The lowest BCUT2D eigenvalue weighted by molar-refractivity contribution is -0.118. The largest absolute Gasteiger partial charge is 0.312 e. The van der Waals surface area contributed by atoms with Gasteiger partial charge in [0.05, 0.1) is 0 Å². The smallest absolute Gasteiger partial charge is 0.226 e. The lowest BCUT2D eigenvalue weighted by Gasteiger charge is -2.20. The minimum atomic E-state index is 0.165. The molecule has 0 aliphatic carbocycles. The fourth-order valence-corrected chi connectivity index (χ4v) is 1.47. The van der Waals surface area contributed by atoms with Gasteiger partial charge in [-0.25, -0.2) is 0 Å². The van der Waals surface area contributed by atoms with E-state index in [2.05, 4.69) is 13.8 Å². The highest BCUT2D eigenvalue weighted by molar-refractivity contribution is 5.93. The molecule has 1 rings (SSSR count). The standard InChI is InChI=1S/C13H18NO/c1-3-5-11-13(15)14(4-2)12-9-7-6-8-10-12/h6-10H,2-5,11H2,1H3. The summed E-state index contributed by atoms with van der Waals surface area (Å²) in [7, 11) is 0. The van der Waals surface area contributed by atoms with Crippen LogP contribution in [0, 0.1) is 6.92 Å². The molecule has 15 heavy (non-hydrogen) atoms. The maximum atomic E-state index is 11.8. The minimum Gasteiger partial charge on any atom is -0.312 e. The van der Waals surface area contributed by atoms with Crippen LogP contribution < -0.4 is 4.90 Å². The molecule has 0 spiro atoms. The first-order chi connectivity index (χ1) is 7.29. The number of rotatable bonds is 5. The van der Waals surface area contributed by atoms with Crippen molar-refractivity contribution >= 4 is 11.6 Å². The molecule has 1 aromatic carbocycles. The molecule has 1 amide bonds. The number of anilines is 1. The van der Waals surface area contributed by atoms with Gasteiger partial charge in [-0.2, -0.15) is 0 Å². The van der Waals surface area contributed by atoms with Gasteiger partial charge in [-0.05, 0) is 25.5 Å². The molecular weight excluding hydrogens is 186 g/mol. The highest BCUT2D eigenvalue weighted by Crippen LogP contribution is 2.14. The van der Waals surface area contributed by atoms with Crippen LogP contribution in [0.2, 0.25) is 0 Å². The summed E-state index contributed by atoms with van der Waals surface area (Å²) in [6, 6.07) is 9.70. The lowest BCUT2D eigenvalue weighted by Crippen LogP contribution is -2.30. The molecule has 0 aromatic heterocycles. The van der Waals surface area contributed by atoms with Gasteiger partial charge in [-0.1, -0.05) is 31.5 Å². The molecule has 0 saturated heterocycles. The van der Waals surface area contributed by atoms with Gasteiger partial charge in [0.1, 0.15) is 0 Å². The van der Waals surface area contributed by atoms with Gasteiger partial charge in [-0.3, -0.25) is 4.79 Å². The number of hydrogen-bond donors (Lipinski definition) is 0. The van der Waals surface area contributed by atoms with Crippen molar-refractivity contribution in [1.82, 2.24) is 0 Å². The first-order valence-electron chi connectivity index (χ1n) is 5.44. The second-order valence-corrected chi connectivity index (χ2v) is 3.48. The van der Waals surface area contributed by atoms with Crippen molar-refractivity contribution in [3.05, 3.63) is 37.3 Å². The minimum absolute atomic E-state index is 0.165. The predicted molar refractivity (Wildman–Crippen MR) is 63.7 cm³/mol. The van der Waals surface area contributed by atoms with Crippen molar-refractivity contribution in [3.63, 3.8) is 0 Å². The summed E-state index contributed by atoms with van der Waals surface area (Å²) in [4.78, 5) is 13.6. The molecule has 0 atom stereocenters. The van der Waals surface area contributed by atoms with Crippen LogP contribution in [0.4, 0.5) is 5.69 Å². The number of benzene rings is 1. The molecule has 0 unspecified atom stereocenters. The average molecular weight is 204 g/mol. The number of nitrogens with zero attached hydrogens (tertiary/aromatic N) is 1. The molecule has 0 aliphatic rings. The molecule has 0 N–H and O–H groups in total. The van der Waals surface area contributed by atoms with Crippen molar-refractivity contribution in [3.8, 4) is 0 Å². The summed E-state index contributed by atoms with van der Waals surface area (Å²) < 4.78 is 0. The second kappa shape index (κ2) is 6.23. The monoisotopic (exact) mass is 204 g/mol. The summed E-state index contributed by atoms with van der Waals surface area (Å²) in [5, 5.41) is 0. The Labute approximate surface area is 91.9 Å². The molecule has 81 valence electrons. The fraction of sp³-hybridized carbons (Fsp3) is 0.385. The predicted octanol–water partition coefficient (Wildman–Crippen LogP) is 3.04. The van der Waals surface area contributed by atoms with Crippen LogP contribution in [-0.4, -0.2) is 12.5 Å². The fourth-order valence-electron chi connectivity index (χ4n) is 1.47. The summed E-state index contributed by atoms with van der Waals surface area (Å²) in [5.41, 5.74) is 0.939. The van der Waals surface area contributed by atoms with E-state index in [1.54, 1.807) is 4.90 Å². The van der Waals surface area contributed by atoms with Crippen LogP contribution in [0.25, 0.3) is 0 Å². The Hall–Kier alpha value is -1.31. The number of carbonyl (C=O) groups excluding carboxylic acids is 1. The first kappa shape index (κ1) is 11.8. The van der Waals surface area contributed by atoms with E-state index in [-0.39, 0.29) is 5.91 Å². The summed E-state index contributed by atoms with van der Waals surface area (Å²) in [6.45, 7) is 6.38. The Bertz CT molecular complexity index is 295. The van der Waals surface area contributed by atoms with E-state index in [1.807, 2.05) is 30.3 Å². The summed E-state index contributed by atoms with van der Waals surface area (Å²) in [6.07, 6.45) is 2.61. The highest BCUT2D eigenvalue weighted by atomic mass is 16.2. The Morgan fingerprint density at radius 2 is 2.00 bits per heavy atom. The average Bonchev–Trinajstić information content (AvgIpc) is 2.29. The third-order valence-electron chi connectivity index (χ3n) is 2.34. The molecule has 0 bridgehead atoms. The second-order valence-electron chi connectivity index (χ2n) is 3.48. The van der Waals surface area contributed by atoms with Crippen LogP contribution in [0.5, 0.6) is 0 Å². The van der Waals surface area contributed by atoms with Crippen molar-refractivity contribution in [2.45, 2.75) is 26.2 Å². The van der Waals surface area contributed by atoms with Gasteiger partial charge in [0.2, 0.25) is 5.91 Å². The normalized spacial score (nSPS) is 10.0. The van der Waals surface area contributed by atoms with E-state index in [0.717, 1.165) is 18.5 Å². The third kappa shape index (κ3) is 3.39. The van der Waals surface area contributed by atoms with Crippen LogP contribution >= 0.6 is 0 Å². The van der Waals surface area contributed by atoms with Gasteiger partial charge in [0.15, 0.2) is 0 Å². The van der Waals surface area contributed by atoms with E-state index in [1.165, 1.54) is 0 Å². The van der Waals surface area contributed by atoms with Crippen LogP contribution in [0.15, 0.2) is 30.3 Å². The molecular formula is C13H18NO.